The molecule has 3 aliphatic heterocycles. The summed E-state index contributed by atoms with van der Waals surface area (Å²) in [7, 11) is 0. The van der Waals surface area contributed by atoms with Gasteiger partial charge in [-0.05, 0) is 94.8 Å². The fourth-order valence-corrected chi connectivity index (χ4v) is 8.51. The molecule has 0 unspecified atom stereocenters. The van der Waals surface area contributed by atoms with E-state index in [-0.39, 0.29) is 47.2 Å². The molecular formula is C40H33FIN7O7S. The number of phenolic OH excluding ortho intramolecular Hbond substituents is 2. The molecule has 57 heavy (non-hydrogen) atoms. The molecule has 14 nitrogen and oxygen atoms in total. The van der Waals surface area contributed by atoms with E-state index >= 15 is 0 Å². The number of ether oxygens (including phenoxy) is 4. The number of thiocarbonyl (C=S) groups is 1. The Bertz CT molecular complexity index is 2620. The first-order chi connectivity index (χ1) is 27.4. The molecule has 0 saturated carbocycles. The Labute approximate surface area is 343 Å². The molecule has 0 bridgehead atoms. The Morgan fingerprint density at radius 2 is 1.67 bits per heavy atom. The predicted octanol–water partition coefficient (Wildman–Crippen LogP) is 6.81. The highest BCUT2D eigenvalue weighted by molar-refractivity contribution is 14.1. The number of rotatable bonds is 8. The van der Waals surface area contributed by atoms with Gasteiger partial charge in [0.1, 0.15) is 28.8 Å². The minimum Gasteiger partial charge on any atom is -0.508 e. The van der Waals surface area contributed by atoms with Gasteiger partial charge in [-0.2, -0.15) is 14.4 Å². The first kappa shape index (κ1) is 36.7. The number of aromatic hydroxyl groups is 2. The molecule has 0 atom stereocenters. The van der Waals surface area contributed by atoms with Gasteiger partial charge in [-0.15, -0.1) is 0 Å². The van der Waals surface area contributed by atoms with Crippen LogP contribution < -0.4 is 25.3 Å². The molecule has 0 aliphatic carbocycles. The number of hydrogen-bond donors (Lipinski definition) is 4. The van der Waals surface area contributed by atoms with Crippen LogP contribution in [0.15, 0.2) is 66.7 Å². The number of benzene rings is 4. The zero-order valence-electron chi connectivity index (χ0n) is 30.4. The monoisotopic (exact) mass is 901 g/mol. The number of carbonyl (C=O) groups excluding carboxylic acids is 1. The number of halogens is 2. The smallest absolute Gasteiger partial charge is 0.340 e. The first-order valence-electron chi connectivity index (χ1n) is 17.9. The summed E-state index contributed by atoms with van der Waals surface area (Å²) in [6.07, 6.45) is -0.586. The zero-order chi connectivity index (χ0) is 39.7. The molecule has 0 fully saturated rings. The van der Waals surface area contributed by atoms with E-state index in [4.69, 9.17) is 41.9 Å². The fourth-order valence-electron chi connectivity index (χ4n) is 7.60. The molecule has 0 radical (unpaired) electrons. The minimum atomic E-state index is -1.39. The van der Waals surface area contributed by atoms with Gasteiger partial charge < -0.3 is 49.7 Å². The molecule has 2 aromatic heterocycles. The van der Waals surface area contributed by atoms with Crippen LogP contribution in [-0.2, 0) is 23.3 Å². The van der Waals surface area contributed by atoms with Crippen molar-refractivity contribution >= 4 is 68.6 Å². The molecule has 0 amide bonds. The van der Waals surface area contributed by atoms with Crippen molar-refractivity contribution in [3.63, 3.8) is 0 Å². The largest absolute Gasteiger partial charge is 0.508 e. The van der Waals surface area contributed by atoms with Gasteiger partial charge in [0, 0.05) is 64.1 Å². The third-order valence-corrected chi connectivity index (χ3v) is 11.4. The highest BCUT2D eigenvalue weighted by Gasteiger charge is 2.53. The molecule has 290 valence electrons. The van der Waals surface area contributed by atoms with Crippen molar-refractivity contribution in [3.05, 3.63) is 110 Å². The summed E-state index contributed by atoms with van der Waals surface area (Å²) in [4.78, 5) is 28.3. The first-order valence-corrected chi connectivity index (χ1v) is 19.4. The highest BCUT2D eigenvalue weighted by atomic mass is 127. The number of hydrogen-bond acceptors (Lipinski definition) is 12. The number of imidazole rings is 1. The van der Waals surface area contributed by atoms with E-state index in [1.54, 1.807) is 24.3 Å². The van der Waals surface area contributed by atoms with E-state index in [0.29, 0.717) is 81.9 Å². The number of anilines is 2. The Balaban J connectivity index is 1.02. The van der Waals surface area contributed by atoms with E-state index in [1.165, 1.54) is 24.3 Å². The average molecular weight is 902 g/mol. The molecular weight excluding hydrogens is 868 g/mol. The van der Waals surface area contributed by atoms with Crippen LogP contribution in [0, 0.1) is 15.6 Å². The molecule has 1 spiro atoms. The summed E-state index contributed by atoms with van der Waals surface area (Å²) in [6.45, 7) is 5.57. The number of nitrogens with two attached hydrogens (primary N) is 1. The predicted molar refractivity (Wildman–Crippen MR) is 218 cm³/mol. The minimum absolute atomic E-state index is 0.0300. The van der Waals surface area contributed by atoms with Crippen molar-refractivity contribution in [1.82, 2.24) is 24.4 Å². The van der Waals surface area contributed by atoms with E-state index in [1.807, 2.05) is 27.7 Å². The molecule has 17 heteroatoms. The molecule has 4 aromatic carbocycles. The quantitative estimate of drug-likeness (QED) is 0.0542. The van der Waals surface area contributed by atoms with Crippen LogP contribution in [-0.4, -0.2) is 65.6 Å². The topological polar surface area (TPSA) is 179 Å². The summed E-state index contributed by atoms with van der Waals surface area (Å²) in [5.41, 5.74) is 8.72. The van der Waals surface area contributed by atoms with Gasteiger partial charge in [0.15, 0.2) is 39.2 Å². The number of esters is 1. The van der Waals surface area contributed by atoms with E-state index in [0.717, 1.165) is 9.13 Å². The summed E-state index contributed by atoms with van der Waals surface area (Å²) in [6, 6.07) is 18.3. The Kier molecular flexibility index (Phi) is 8.95. The third kappa shape index (κ3) is 6.34. The zero-order valence-corrected chi connectivity index (χ0v) is 33.4. The Morgan fingerprint density at radius 3 is 2.37 bits per heavy atom. The Hall–Kier alpha value is -5.95. The maximum absolute atomic E-state index is 14.6. The van der Waals surface area contributed by atoms with E-state index in [9.17, 15) is 19.4 Å². The number of nitrogens with zero attached hydrogens (tertiary/aromatic N) is 5. The van der Waals surface area contributed by atoms with Crippen molar-refractivity contribution < 1.29 is 38.3 Å². The van der Waals surface area contributed by atoms with Crippen LogP contribution in [0.5, 0.6) is 34.5 Å². The van der Waals surface area contributed by atoms with Crippen molar-refractivity contribution in [3.8, 4) is 34.5 Å². The van der Waals surface area contributed by atoms with Gasteiger partial charge in [-0.3, -0.25) is 0 Å². The van der Waals surface area contributed by atoms with Gasteiger partial charge >= 0.3 is 12.0 Å². The lowest BCUT2D eigenvalue weighted by atomic mass is 9.77. The van der Waals surface area contributed by atoms with Gasteiger partial charge in [0.2, 0.25) is 6.79 Å². The third-order valence-electron chi connectivity index (χ3n) is 10.1. The normalized spacial score (nSPS) is 14.3. The second-order valence-electron chi connectivity index (χ2n) is 14.3. The molecule has 3 aliphatic rings. The Morgan fingerprint density at radius 1 is 0.982 bits per heavy atom. The lowest BCUT2D eigenvalue weighted by Gasteiger charge is -2.36. The van der Waals surface area contributed by atoms with Crippen LogP contribution in [0.4, 0.5) is 15.9 Å². The van der Waals surface area contributed by atoms with Crippen molar-refractivity contribution in [1.29, 1.82) is 0 Å². The second-order valence-corrected chi connectivity index (χ2v) is 15.8. The number of carbonyl (C=O) groups is 1. The van der Waals surface area contributed by atoms with Gasteiger partial charge in [-0.25, -0.2) is 9.78 Å². The average Bonchev–Trinajstić information content (AvgIpc) is 3.84. The number of nitrogens with one attached hydrogen (secondary N) is 1. The molecule has 5 heterocycles. The standard InChI is InChI=1S/C40H33FIN7O7S/c1-19(2)17-48(9-10-49-33(45-34-35(43)46-38(41)47-36(34)49)12-20-11-31-32(16-28(20)42)54-18-53-31)39(57)44-21-3-6-25-24(13-21)37(52)56-40(25)26-7-4-22(50)14-29(26)55-30-15-23(51)5-8-27(30)40/h3-8,11,13-16,19,50-51H,9-10,12,17-18H2,1-2H3,(H,44,57)(H2,43,46,47). The number of aromatic nitrogens is 4. The number of fused-ring (bicyclic) bond motifs is 8. The van der Waals surface area contributed by atoms with Gasteiger partial charge in [0.25, 0.3) is 0 Å². The lowest BCUT2D eigenvalue weighted by Crippen LogP contribution is -2.39. The number of nitrogen functional groups attached to an aromatic ring is 1. The molecule has 5 N–H and O–H groups in total. The summed E-state index contributed by atoms with van der Waals surface area (Å²) < 4.78 is 40.9. The summed E-state index contributed by atoms with van der Waals surface area (Å²) in [5, 5.41) is 24.2. The number of phenols is 2. The highest BCUT2D eigenvalue weighted by Crippen LogP contribution is 2.57. The second kappa shape index (κ2) is 13.9. The maximum atomic E-state index is 14.6. The van der Waals surface area contributed by atoms with Crippen LogP contribution in [0.3, 0.4) is 0 Å². The fraction of sp³-hybridized carbons (Fsp3) is 0.225. The SMILES string of the molecule is CC(C)CN(CCn1c(Cc2cc3c(cc2I)OCO3)nc2c(N)nc(F)nc21)C(=S)Nc1ccc2c(c1)C(=O)OC21c2ccc(O)cc2Oc2cc(O)ccc21. The van der Waals surface area contributed by atoms with E-state index in [2.05, 4.69) is 51.7 Å². The van der Waals surface area contributed by atoms with Crippen LogP contribution in [0.25, 0.3) is 11.2 Å². The van der Waals surface area contributed by atoms with Gasteiger partial charge in [-0.1, -0.05) is 19.9 Å². The van der Waals surface area contributed by atoms with Crippen molar-refractivity contribution in [2.45, 2.75) is 32.4 Å². The molecule has 6 aromatic rings. The molecule has 9 rings (SSSR count). The van der Waals surface area contributed by atoms with Gasteiger partial charge in [0.05, 0.1) is 5.56 Å². The van der Waals surface area contributed by atoms with Crippen LogP contribution in [0.1, 0.15) is 52.3 Å². The molecule has 0 saturated heterocycles. The maximum Gasteiger partial charge on any atom is 0.340 e. The summed E-state index contributed by atoms with van der Waals surface area (Å²) in [5.74, 6) is 2.00. The summed E-state index contributed by atoms with van der Waals surface area (Å²) >= 11 is 8.23. The van der Waals surface area contributed by atoms with Crippen molar-refractivity contribution in [2.75, 3.05) is 30.9 Å². The van der Waals surface area contributed by atoms with Crippen LogP contribution >= 0.6 is 34.8 Å². The van der Waals surface area contributed by atoms with E-state index < -0.39 is 17.6 Å². The lowest BCUT2D eigenvalue weighted by molar-refractivity contribution is 0.0224. The van der Waals surface area contributed by atoms with Crippen LogP contribution in [0.2, 0.25) is 0 Å². The van der Waals surface area contributed by atoms with Crippen molar-refractivity contribution in [2.24, 2.45) is 5.92 Å².